The summed E-state index contributed by atoms with van der Waals surface area (Å²) in [6.07, 6.45) is 2.84. The molecule has 12 amide bonds. The minimum absolute atomic E-state index is 0.0193. The fourth-order valence-corrected chi connectivity index (χ4v) is 11.2. The molecule has 618 valence electrons. The lowest BCUT2D eigenvalue weighted by Crippen LogP contribution is -2.60. The summed E-state index contributed by atoms with van der Waals surface area (Å²) in [7, 11) is 0. The van der Waals surface area contributed by atoms with Gasteiger partial charge in [-0.3, -0.25) is 87.5 Å². The minimum atomic E-state index is -1.52. The van der Waals surface area contributed by atoms with E-state index in [0.29, 0.717) is 44.9 Å². The smallest absolute Gasteiger partial charge is 0.245 e. The molecule has 0 bridgehead atoms. The normalized spacial score (nSPS) is 18.6. The van der Waals surface area contributed by atoms with Crippen molar-refractivity contribution in [3.8, 4) is 0 Å². The average Bonchev–Trinajstić information content (AvgIpc) is 0.839. The molecule has 0 aliphatic carbocycles. The summed E-state index contributed by atoms with van der Waals surface area (Å²) < 4.78 is 0. The van der Waals surface area contributed by atoms with Crippen molar-refractivity contribution < 1.29 is 57.5 Å². The maximum absolute atomic E-state index is 15.4. The molecule has 1 aliphatic heterocycles. The first-order valence-corrected chi connectivity index (χ1v) is 37.3. The van der Waals surface area contributed by atoms with E-state index in [2.05, 4.69) is 95.8 Å². The van der Waals surface area contributed by atoms with Crippen LogP contribution in [0.25, 0.3) is 0 Å². The molecule has 40 N–H and O–H groups in total. The van der Waals surface area contributed by atoms with Crippen molar-refractivity contribution in [2.45, 2.75) is 215 Å². The van der Waals surface area contributed by atoms with Crippen LogP contribution in [0.4, 0.5) is 0 Å². The fraction of sp³-hybridized carbons (Fsp3) is 0.719. The molecule has 1 heterocycles. The second kappa shape index (κ2) is 56.8. The Bertz CT molecular complexity index is 3050. The highest BCUT2D eigenvalue weighted by Gasteiger charge is 2.36. The Labute approximate surface area is 641 Å². The van der Waals surface area contributed by atoms with E-state index in [1.165, 1.54) is 0 Å². The van der Waals surface area contributed by atoms with Gasteiger partial charge >= 0.3 is 0 Å². The van der Waals surface area contributed by atoms with Crippen LogP contribution in [0.1, 0.15) is 161 Å². The maximum Gasteiger partial charge on any atom is 0.245 e. The number of thiol groups is 1. The SMILES string of the molecule is NCCCC[C@@H]1NC(=O)[C@H](CCCN=C(N)N)NC(=O)CCCCCC(=O)NCCCCN(CC(=O)N[C@@H](CCCN=C(N)N)C(=O)N[C@@H](CCCN=C(N)N)C(=O)N[C@@H](CCCN=C(N)N)C(=O)N[C@@H](CS)C(N)=O)C(=O)[C@H](CCCN=C(N)N)NC(=O)[C@H](CCCN=C(N)N)NC(=O)[C@H](CCCCN)NC1=O. The number of carbonyl (C=O) groups is 12. The molecule has 44 nitrogen and oxygen atoms in total. The summed E-state index contributed by atoms with van der Waals surface area (Å²) in [4.78, 5) is 196. The molecule has 0 aromatic rings. The topological polar surface area (TPSA) is 793 Å². The first-order chi connectivity index (χ1) is 51.8. The summed E-state index contributed by atoms with van der Waals surface area (Å²) in [6.45, 7) is -0.521. The third kappa shape index (κ3) is 45.7. The number of rotatable bonds is 43. The maximum atomic E-state index is 15.4. The summed E-state index contributed by atoms with van der Waals surface area (Å²) in [5, 5.41) is 27.0. The molecule has 0 spiro atoms. The molecule has 0 radical (unpaired) electrons. The molecular formula is C64H124N32O12S. The first kappa shape index (κ1) is 96.5. The number of hydrogen-bond acceptors (Lipinski definition) is 21. The molecule has 0 saturated carbocycles. The Balaban J connectivity index is 4.23. The van der Waals surface area contributed by atoms with Gasteiger partial charge < -0.3 is 144 Å². The van der Waals surface area contributed by atoms with Gasteiger partial charge in [-0.25, -0.2) is 0 Å². The van der Waals surface area contributed by atoms with Crippen molar-refractivity contribution in [3.63, 3.8) is 0 Å². The molecule has 9 atom stereocenters. The summed E-state index contributed by atoms with van der Waals surface area (Å²) in [5.74, 6) is -11.3. The van der Waals surface area contributed by atoms with E-state index >= 15 is 9.59 Å². The van der Waals surface area contributed by atoms with Gasteiger partial charge in [0.15, 0.2) is 35.8 Å². The van der Waals surface area contributed by atoms with Crippen molar-refractivity contribution in [1.29, 1.82) is 0 Å². The fourth-order valence-electron chi connectivity index (χ4n) is 10.9. The van der Waals surface area contributed by atoms with Gasteiger partial charge in [0.2, 0.25) is 70.9 Å². The molecule has 1 aliphatic rings. The number of nitrogens with one attached hydrogen (secondary N) is 10. The lowest BCUT2D eigenvalue weighted by Gasteiger charge is -2.30. The lowest BCUT2D eigenvalue weighted by molar-refractivity contribution is -0.141. The Morgan fingerprint density at radius 3 is 1.09 bits per heavy atom. The zero-order valence-electron chi connectivity index (χ0n) is 62.5. The summed E-state index contributed by atoms with van der Waals surface area (Å²) in [5.41, 5.74) is 84.4. The number of guanidine groups is 6. The molecule has 1 rings (SSSR count). The Morgan fingerprint density at radius 2 is 0.725 bits per heavy atom. The van der Waals surface area contributed by atoms with Gasteiger partial charge in [0.25, 0.3) is 0 Å². The van der Waals surface area contributed by atoms with Crippen LogP contribution in [0, 0.1) is 0 Å². The van der Waals surface area contributed by atoms with Crippen LogP contribution >= 0.6 is 12.6 Å². The second-order valence-corrected chi connectivity index (χ2v) is 26.3. The van der Waals surface area contributed by atoms with Gasteiger partial charge in [-0.1, -0.05) is 6.42 Å². The number of primary amides is 1. The number of carbonyl (C=O) groups excluding carboxylic acids is 12. The van der Waals surface area contributed by atoms with Crippen LogP contribution < -0.4 is 139 Å². The Kier molecular flexibility index (Phi) is 50.3. The van der Waals surface area contributed by atoms with Crippen molar-refractivity contribution in [2.75, 3.05) is 77.7 Å². The van der Waals surface area contributed by atoms with Crippen LogP contribution in [0.3, 0.4) is 0 Å². The highest BCUT2D eigenvalue weighted by Crippen LogP contribution is 2.14. The van der Waals surface area contributed by atoms with Crippen molar-refractivity contribution >= 4 is 119 Å². The van der Waals surface area contributed by atoms with E-state index in [9.17, 15) is 47.9 Å². The molecule has 1 fully saturated rings. The van der Waals surface area contributed by atoms with Gasteiger partial charge in [-0.05, 0) is 154 Å². The third-order valence-electron chi connectivity index (χ3n) is 16.6. The quantitative estimate of drug-likeness (QED) is 0.0117. The average molecular weight is 1570 g/mol. The molecule has 0 aromatic heterocycles. The molecular weight excluding hydrogens is 1440 g/mol. The predicted molar refractivity (Wildman–Crippen MR) is 418 cm³/mol. The number of hydrogen-bond donors (Lipinski definition) is 26. The monoisotopic (exact) mass is 1560 g/mol. The molecule has 1 saturated heterocycles. The van der Waals surface area contributed by atoms with E-state index in [-0.39, 0.29) is 228 Å². The van der Waals surface area contributed by atoms with E-state index in [0.717, 1.165) is 4.90 Å². The van der Waals surface area contributed by atoms with E-state index < -0.39 is 126 Å². The number of amides is 12. The zero-order chi connectivity index (χ0) is 81.6. The molecule has 45 heteroatoms. The largest absolute Gasteiger partial charge is 0.370 e. The van der Waals surface area contributed by atoms with E-state index in [1.54, 1.807) is 0 Å². The third-order valence-corrected chi connectivity index (χ3v) is 17.0. The van der Waals surface area contributed by atoms with E-state index in [4.69, 9.17) is 86.0 Å². The van der Waals surface area contributed by atoms with Crippen LogP contribution in [-0.4, -0.2) is 244 Å². The van der Waals surface area contributed by atoms with Gasteiger partial charge in [0, 0.05) is 71.0 Å². The second-order valence-electron chi connectivity index (χ2n) is 25.9. The Hall–Kier alpha value is -10.5. The van der Waals surface area contributed by atoms with Crippen molar-refractivity contribution in [1.82, 2.24) is 58.1 Å². The zero-order valence-corrected chi connectivity index (χ0v) is 63.4. The number of nitrogens with two attached hydrogens (primary N) is 15. The molecule has 0 aromatic carbocycles. The summed E-state index contributed by atoms with van der Waals surface area (Å²) in [6, 6.07) is -12.5. The highest BCUT2D eigenvalue weighted by molar-refractivity contribution is 7.80. The van der Waals surface area contributed by atoms with Crippen molar-refractivity contribution in [2.24, 2.45) is 116 Å². The van der Waals surface area contributed by atoms with Crippen LogP contribution in [0.5, 0.6) is 0 Å². The summed E-state index contributed by atoms with van der Waals surface area (Å²) >= 11 is 4.10. The first-order valence-electron chi connectivity index (χ1n) is 36.7. The van der Waals surface area contributed by atoms with Crippen LogP contribution in [0.2, 0.25) is 0 Å². The van der Waals surface area contributed by atoms with E-state index in [1.807, 2.05) is 0 Å². The highest BCUT2D eigenvalue weighted by atomic mass is 32.1. The minimum Gasteiger partial charge on any atom is -0.370 e. The Morgan fingerprint density at radius 1 is 0.394 bits per heavy atom. The number of aliphatic imine (C=N–C) groups is 6. The van der Waals surface area contributed by atoms with Crippen LogP contribution in [-0.2, 0) is 57.5 Å². The lowest BCUT2D eigenvalue weighted by atomic mass is 10.0. The van der Waals surface area contributed by atoms with Gasteiger partial charge in [0.1, 0.15) is 54.4 Å². The predicted octanol–water partition coefficient (Wildman–Crippen LogP) is -9.97. The number of nitrogens with zero attached hydrogens (tertiary/aromatic N) is 7. The van der Waals surface area contributed by atoms with Gasteiger partial charge in [0.05, 0.1) is 6.54 Å². The molecule has 109 heavy (non-hydrogen) atoms. The van der Waals surface area contributed by atoms with Gasteiger partial charge in [-0.15, -0.1) is 0 Å². The number of unbranched alkanes of at least 4 members (excludes halogenated alkanes) is 2. The van der Waals surface area contributed by atoms with Gasteiger partial charge in [-0.2, -0.15) is 12.6 Å². The standard InChI is InChI=1S/C64H124N32O12S/c65-26-6-4-16-40-53(103)90-41(17-5-7-27-66)54(104)92-43(21-13-32-84-62(74)75)56(106)94-45(23-15-34-86-64(78)79)58(108)96(35-9-8-28-80-47(97)24-2-1-3-25-48(98)87-38(51(101)89-40)18-10-29-81-59(68)69)36-49(99)88-39(19-11-30-82-60(70)71)52(102)91-42(20-12-31-83-61(72)73)55(105)93-44(22-14-33-85-63(76)77)57(107)95-46(37-109)50(67)100/h38-46,109H,1-37,65-66H2,(H2,67,100)(H,80,97)(H,87,98)(H,88,99)(H,89,101)(H,90,103)(H,91,102)(H,92,104)(H,93,105)(H,94,106)(H,95,107)(H4,68,69,81)(H4,70,71,82)(H4,72,73,83)(H4,74,75,84)(H4,76,77,85)(H4,78,79,86)/t38-,39-,40-,41-,42-,43-,44-,45-,46-/m0/s1. The van der Waals surface area contributed by atoms with Crippen molar-refractivity contribution in [3.05, 3.63) is 0 Å². The molecule has 0 unspecified atom stereocenters. The van der Waals surface area contributed by atoms with Crippen LogP contribution in [0.15, 0.2) is 30.0 Å².